The predicted molar refractivity (Wildman–Crippen MR) is 81.7 cm³/mol. The summed E-state index contributed by atoms with van der Waals surface area (Å²) in [6, 6.07) is 0. The molecule has 1 amide bonds. The van der Waals surface area contributed by atoms with Gasteiger partial charge in [0.05, 0.1) is 5.37 Å². The summed E-state index contributed by atoms with van der Waals surface area (Å²) in [7, 11) is 0. The molecule has 0 aromatic heterocycles. The molecule has 0 radical (unpaired) electrons. The Labute approximate surface area is 115 Å². The van der Waals surface area contributed by atoms with Gasteiger partial charge in [-0.05, 0) is 24.3 Å². The second-order valence-corrected chi connectivity index (χ2v) is 8.30. The van der Waals surface area contributed by atoms with Crippen LogP contribution in [0, 0.1) is 11.3 Å². The first-order valence-corrected chi connectivity index (χ1v) is 8.46. The molecule has 2 nitrogen and oxygen atoms in total. The van der Waals surface area contributed by atoms with Gasteiger partial charge in [-0.2, -0.15) is 11.8 Å². The van der Waals surface area contributed by atoms with E-state index in [1.165, 1.54) is 0 Å². The third-order valence-electron chi connectivity index (χ3n) is 2.60. The lowest BCUT2D eigenvalue weighted by Gasteiger charge is -2.24. The molecular formula is C13H27NOS2. The Hall–Kier alpha value is 0.170. The smallest absolute Gasteiger partial charge is 0.224 e. The van der Waals surface area contributed by atoms with Crippen LogP contribution in [-0.4, -0.2) is 28.5 Å². The Morgan fingerprint density at radius 3 is 2.18 bits per heavy atom. The highest BCUT2D eigenvalue weighted by atomic mass is 32.2. The highest BCUT2D eigenvalue weighted by Crippen LogP contribution is 2.27. The van der Waals surface area contributed by atoms with Crippen LogP contribution in [0.25, 0.3) is 0 Å². The molecule has 0 aliphatic heterocycles. The van der Waals surface area contributed by atoms with Crippen LogP contribution in [-0.2, 0) is 4.79 Å². The highest BCUT2D eigenvalue weighted by molar-refractivity contribution is 8.00. The maximum atomic E-state index is 11.9. The molecule has 0 aromatic rings. The van der Waals surface area contributed by atoms with Gasteiger partial charge in [0.1, 0.15) is 0 Å². The van der Waals surface area contributed by atoms with Gasteiger partial charge in [0.15, 0.2) is 0 Å². The zero-order valence-corrected chi connectivity index (χ0v) is 13.8. The number of amides is 1. The summed E-state index contributed by atoms with van der Waals surface area (Å²) >= 11 is 3.55. The molecule has 0 aliphatic rings. The number of rotatable bonds is 6. The normalized spacial score (nSPS) is 17.4. The fourth-order valence-electron chi connectivity index (χ4n) is 1.13. The molecule has 0 rings (SSSR count). The van der Waals surface area contributed by atoms with Crippen molar-refractivity contribution in [3.8, 4) is 0 Å². The van der Waals surface area contributed by atoms with E-state index in [1.54, 1.807) is 11.8 Å². The highest BCUT2D eigenvalue weighted by Gasteiger charge is 2.23. The summed E-state index contributed by atoms with van der Waals surface area (Å²) in [5.41, 5.74) is 0.321. The summed E-state index contributed by atoms with van der Waals surface area (Å²) in [5.74, 6) is 1.32. The fraction of sp³-hybridized carbons (Fsp3) is 0.923. The SMILES string of the molecule is CSC(C)NC(=O)C(C)C(C)SCC(C)(C)C. The fourth-order valence-corrected chi connectivity index (χ4v) is 2.54. The van der Waals surface area contributed by atoms with E-state index < -0.39 is 0 Å². The van der Waals surface area contributed by atoms with E-state index in [9.17, 15) is 4.79 Å². The number of carbonyl (C=O) groups excluding carboxylic acids is 1. The minimum absolute atomic E-state index is 0.0666. The minimum atomic E-state index is 0.0666. The van der Waals surface area contributed by atoms with Crippen LogP contribution in [0.4, 0.5) is 0 Å². The first-order chi connectivity index (χ1) is 7.67. The average Bonchev–Trinajstić information content (AvgIpc) is 2.23. The first kappa shape index (κ1) is 17.2. The van der Waals surface area contributed by atoms with Crippen molar-refractivity contribution in [2.45, 2.75) is 52.2 Å². The van der Waals surface area contributed by atoms with Gasteiger partial charge < -0.3 is 5.32 Å². The lowest BCUT2D eigenvalue weighted by molar-refractivity contribution is -0.124. The van der Waals surface area contributed by atoms with Crippen molar-refractivity contribution in [3.63, 3.8) is 0 Å². The van der Waals surface area contributed by atoms with Crippen LogP contribution >= 0.6 is 23.5 Å². The number of thioether (sulfide) groups is 2. The maximum absolute atomic E-state index is 11.9. The average molecular weight is 277 g/mol. The van der Waals surface area contributed by atoms with Crippen molar-refractivity contribution in [1.82, 2.24) is 5.32 Å². The van der Waals surface area contributed by atoms with Crippen molar-refractivity contribution < 1.29 is 4.79 Å². The molecule has 3 atom stereocenters. The topological polar surface area (TPSA) is 29.1 Å². The van der Waals surface area contributed by atoms with E-state index in [1.807, 2.05) is 31.9 Å². The number of carbonyl (C=O) groups is 1. The quantitative estimate of drug-likeness (QED) is 0.752. The molecule has 0 bridgehead atoms. The molecule has 0 saturated carbocycles. The van der Waals surface area contributed by atoms with E-state index in [-0.39, 0.29) is 17.2 Å². The van der Waals surface area contributed by atoms with Crippen LogP contribution < -0.4 is 5.32 Å². The Morgan fingerprint density at radius 1 is 1.24 bits per heavy atom. The second-order valence-electron chi connectivity index (χ2n) is 5.75. The van der Waals surface area contributed by atoms with Crippen molar-refractivity contribution >= 4 is 29.4 Å². The van der Waals surface area contributed by atoms with Crippen LogP contribution in [0.15, 0.2) is 0 Å². The molecular weight excluding hydrogens is 250 g/mol. The van der Waals surface area contributed by atoms with E-state index in [0.717, 1.165) is 5.75 Å². The summed E-state index contributed by atoms with van der Waals surface area (Å²) in [5, 5.41) is 3.58. The summed E-state index contributed by atoms with van der Waals surface area (Å²) in [6.45, 7) is 12.9. The number of hydrogen-bond acceptors (Lipinski definition) is 3. The lowest BCUT2D eigenvalue weighted by Crippen LogP contribution is -2.37. The number of hydrogen-bond donors (Lipinski definition) is 1. The van der Waals surface area contributed by atoms with Crippen LogP contribution in [0.2, 0.25) is 0 Å². The summed E-state index contributed by atoms with van der Waals surface area (Å²) in [4.78, 5) is 11.9. The summed E-state index contributed by atoms with van der Waals surface area (Å²) in [6.07, 6.45) is 2.01. The van der Waals surface area contributed by atoms with Gasteiger partial charge in [-0.1, -0.05) is 34.6 Å². The number of nitrogens with one attached hydrogen (secondary N) is 1. The Morgan fingerprint density at radius 2 is 1.76 bits per heavy atom. The van der Waals surface area contributed by atoms with E-state index in [4.69, 9.17) is 0 Å². The Kier molecular flexibility index (Phi) is 7.65. The molecule has 0 aromatic carbocycles. The monoisotopic (exact) mass is 277 g/mol. The van der Waals surface area contributed by atoms with E-state index >= 15 is 0 Å². The molecule has 1 N–H and O–H groups in total. The van der Waals surface area contributed by atoms with E-state index in [2.05, 4.69) is 33.0 Å². The zero-order chi connectivity index (χ0) is 13.6. The van der Waals surface area contributed by atoms with Gasteiger partial charge >= 0.3 is 0 Å². The summed E-state index contributed by atoms with van der Waals surface area (Å²) < 4.78 is 0. The molecule has 4 heteroatoms. The van der Waals surface area contributed by atoms with Gasteiger partial charge in [0, 0.05) is 11.2 Å². The van der Waals surface area contributed by atoms with Gasteiger partial charge in [0.25, 0.3) is 0 Å². The molecule has 0 fully saturated rings. The molecule has 3 unspecified atom stereocenters. The maximum Gasteiger partial charge on any atom is 0.224 e. The second kappa shape index (κ2) is 7.57. The third kappa shape index (κ3) is 7.98. The molecule has 0 saturated heterocycles. The standard InChI is InChI=1S/C13H27NOS2/c1-9(12(15)14-11(3)16-7)10(2)17-8-13(4,5)6/h9-11H,8H2,1-7H3,(H,14,15). The van der Waals surface area contributed by atoms with Crippen molar-refractivity contribution in [2.24, 2.45) is 11.3 Å². The molecule has 102 valence electrons. The van der Waals surface area contributed by atoms with Crippen LogP contribution in [0.3, 0.4) is 0 Å². The molecule has 0 aliphatic carbocycles. The predicted octanol–water partition coefficient (Wildman–Crippen LogP) is 3.62. The van der Waals surface area contributed by atoms with Gasteiger partial charge in [-0.3, -0.25) is 4.79 Å². The van der Waals surface area contributed by atoms with Gasteiger partial charge in [-0.25, -0.2) is 0 Å². The molecule has 0 spiro atoms. The van der Waals surface area contributed by atoms with Crippen LogP contribution in [0.5, 0.6) is 0 Å². The third-order valence-corrected chi connectivity index (χ3v) is 5.39. The first-order valence-electron chi connectivity index (χ1n) is 6.12. The minimum Gasteiger partial charge on any atom is -0.344 e. The molecule has 0 heterocycles. The van der Waals surface area contributed by atoms with Crippen LogP contribution in [0.1, 0.15) is 41.5 Å². The van der Waals surface area contributed by atoms with Crippen molar-refractivity contribution in [2.75, 3.05) is 12.0 Å². The zero-order valence-electron chi connectivity index (χ0n) is 12.2. The Balaban J connectivity index is 4.11. The van der Waals surface area contributed by atoms with Crippen molar-refractivity contribution in [1.29, 1.82) is 0 Å². The largest absolute Gasteiger partial charge is 0.344 e. The van der Waals surface area contributed by atoms with Gasteiger partial charge in [0.2, 0.25) is 5.91 Å². The lowest BCUT2D eigenvalue weighted by atomic mass is 10.0. The van der Waals surface area contributed by atoms with Crippen molar-refractivity contribution in [3.05, 3.63) is 0 Å². The molecule has 17 heavy (non-hydrogen) atoms. The van der Waals surface area contributed by atoms with E-state index in [0.29, 0.717) is 10.7 Å². The Bertz CT molecular complexity index is 238. The van der Waals surface area contributed by atoms with Gasteiger partial charge in [-0.15, -0.1) is 11.8 Å².